The molecule has 2 aromatic rings. The van der Waals surface area contributed by atoms with Crippen molar-refractivity contribution in [3.8, 4) is 5.75 Å². The molecule has 0 fully saturated rings. The molecule has 0 aliphatic carbocycles. The van der Waals surface area contributed by atoms with Gasteiger partial charge in [-0.05, 0) is 62.2 Å². The highest BCUT2D eigenvalue weighted by Crippen LogP contribution is 2.24. The molecule has 0 aliphatic rings. The van der Waals surface area contributed by atoms with Crippen LogP contribution < -0.4 is 15.4 Å². The van der Waals surface area contributed by atoms with Crippen molar-refractivity contribution in [1.29, 1.82) is 0 Å². The number of carbonyl (C=O) groups is 2. The summed E-state index contributed by atoms with van der Waals surface area (Å²) in [4.78, 5) is 23.3. The van der Waals surface area contributed by atoms with E-state index in [0.29, 0.717) is 25.3 Å². The molecule has 0 spiro atoms. The highest BCUT2D eigenvalue weighted by molar-refractivity contribution is 9.10. The quantitative estimate of drug-likeness (QED) is 0.642. The van der Waals surface area contributed by atoms with Gasteiger partial charge in [-0.15, -0.1) is 0 Å². The molecule has 7 heteroatoms. The van der Waals surface area contributed by atoms with Crippen molar-refractivity contribution in [1.82, 2.24) is 10.6 Å². The summed E-state index contributed by atoms with van der Waals surface area (Å²) >= 11 is 3.44. The van der Waals surface area contributed by atoms with E-state index in [9.17, 15) is 9.59 Å². The predicted molar refractivity (Wildman–Crippen MR) is 109 cm³/mol. The highest BCUT2D eigenvalue weighted by Gasteiger charge is 2.15. The van der Waals surface area contributed by atoms with E-state index in [4.69, 9.17) is 9.47 Å². The number of amides is 2. The Hall–Kier alpha value is -2.28. The Morgan fingerprint density at radius 1 is 1.00 bits per heavy atom. The zero-order valence-electron chi connectivity index (χ0n) is 15.8. The van der Waals surface area contributed by atoms with Crippen molar-refractivity contribution in [3.05, 3.63) is 40.9 Å². The van der Waals surface area contributed by atoms with E-state index < -0.39 is 11.7 Å². The second kappa shape index (κ2) is 9.60. The smallest absolute Gasteiger partial charge is 0.407 e. The Morgan fingerprint density at radius 3 is 2.41 bits per heavy atom. The third kappa shape index (κ3) is 7.86. The number of halogens is 1. The molecule has 0 heterocycles. The summed E-state index contributed by atoms with van der Waals surface area (Å²) < 4.78 is 11.7. The minimum atomic E-state index is -0.519. The van der Waals surface area contributed by atoms with Crippen LogP contribution >= 0.6 is 15.9 Å². The van der Waals surface area contributed by atoms with Crippen molar-refractivity contribution in [3.63, 3.8) is 0 Å². The fourth-order valence-electron chi connectivity index (χ4n) is 2.31. The maximum atomic E-state index is 11.9. The Morgan fingerprint density at radius 2 is 1.67 bits per heavy atom. The number of benzene rings is 2. The molecule has 6 nitrogen and oxygen atoms in total. The van der Waals surface area contributed by atoms with Crippen LogP contribution in [0.5, 0.6) is 5.75 Å². The normalized spacial score (nSPS) is 11.1. The third-order valence-electron chi connectivity index (χ3n) is 3.49. The fourth-order valence-corrected chi connectivity index (χ4v) is 2.68. The minimum absolute atomic E-state index is 0.0540. The SMILES string of the molecule is CC(C)(C)OC(=O)NCCCNC(=O)COc1ccc2cc(Br)ccc2c1. The average molecular weight is 437 g/mol. The lowest BCUT2D eigenvalue weighted by Gasteiger charge is -2.19. The van der Waals surface area contributed by atoms with E-state index in [1.807, 2.05) is 36.4 Å². The second-order valence-electron chi connectivity index (χ2n) is 7.07. The third-order valence-corrected chi connectivity index (χ3v) is 3.98. The number of ether oxygens (including phenoxy) is 2. The maximum Gasteiger partial charge on any atom is 0.407 e. The first-order valence-corrected chi connectivity index (χ1v) is 9.58. The standard InChI is InChI=1S/C20H25BrN2O4/c1-20(2,3)27-19(25)23-10-4-9-22-18(24)13-26-17-8-6-14-11-16(21)7-5-15(14)12-17/h5-8,11-12H,4,9-10,13H2,1-3H3,(H,22,24)(H,23,25). The first kappa shape index (κ1) is 21.0. The van der Waals surface area contributed by atoms with Crippen LogP contribution in [0.1, 0.15) is 27.2 Å². The Bertz CT molecular complexity index is 802. The number of carbonyl (C=O) groups excluding carboxylic acids is 2. The molecule has 27 heavy (non-hydrogen) atoms. The molecule has 0 saturated carbocycles. The molecule has 0 radical (unpaired) electrons. The Balaban J connectivity index is 1.65. The molecule has 2 N–H and O–H groups in total. The highest BCUT2D eigenvalue weighted by atomic mass is 79.9. The van der Waals surface area contributed by atoms with Gasteiger partial charge in [0.1, 0.15) is 11.4 Å². The molecular formula is C20H25BrN2O4. The van der Waals surface area contributed by atoms with Gasteiger partial charge >= 0.3 is 6.09 Å². The van der Waals surface area contributed by atoms with E-state index in [1.165, 1.54) is 0 Å². The van der Waals surface area contributed by atoms with Crippen LogP contribution in [0.4, 0.5) is 4.79 Å². The fraction of sp³-hybridized carbons (Fsp3) is 0.400. The molecule has 2 amide bonds. The average Bonchev–Trinajstić information content (AvgIpc) is 2.58. The van der Waals surface area contributed by atoms with Crippen molar-refractivity contribution in [2.24, 2.45) is 0 Å². The largest absolute Gasteiger partial charge is 0.484 e. The number of rotatable bonds is 7. The molecule has 0 unspecified atom stereocenters. The first-order chi connectivity index (χ1) is 12.7. The van der Waals surface area contributed by atoms with Gasteiger partial charge in [-0.1, -0.05) is 28.1 Å². The molecular weight excluding hydrogens is 412 g/mol. The lowest BCUT2D eigenvalue weighted by atomic mass is 10.1. The van der Waals surface area contributed by atoms with Crippen LogP contribution in [-0.4, -0.2) is 37.3 Å². The monoisotopic (exact) mass is 436 g/mol. The van der Waals surface area contributed by atoms with E-state index >= 15 is 0 Å². The van der Waals surface area contributed by atoms with Gasteiger partial charge in [0.15, 0.2) is 6.61 Å². The maximum absolute atomic E-state index is 11.9. The number of fused-ring (bicyclic) bond motifs is 1. The predicted octanol–water partition coefficient (Wildman–Crippen LogP) is 4.01. The molecule has 0 atom stereocenters. The van der Waals surface area contributed by atoms with Crippen LogP contribution in [0.2, 0.25) is 0 Å². The van der Waals surface area contributed by atoms with Gasteiger partial charge in [0.05, 0.1) is 0 Å². The summed E-state index contributed by atoms with van der Waals surface area (Å²) in [5, 5.41) is 7.54. The number of alkyl carbamates (subject to hydrolysis) is 1. The summed E-state index contributed by atoms with van der Waals surface area (Å²) in [6, 6.07) is 11.7. The molecule has 0 aliphatic heterocycles. The van der Waals surface area contributed by atoms with Crippen LogP contribution in [-0.2, 0) is 9.53 Å². The minimum Gasteiger partial charge on any atom is -0.484 e. The van der Waals surface area contributed by atoms with Gasteiger partial charge in [-0.2, -0.15) is 0 Å². The molecule has 0 aromatic heterocycles. The summed E-state index contributed by atoms with van der Waals surface area (Å²) in [5.74, 6) is 0.440. The second-order valence-corrected chi connectivity index (χ2v) is 7.99. The topological polar surface area (TPSA) is 76.7 Å². The zero-order chi connectivity index (χ0) is 19.9. The van der Waals surface area contributed by atoms with E-state index in [2.05, 4.69) is 26.6 Å². The Labute approximate surface area is 167 Å². The zero-order valence-corrected chi connectivity index (χ0v) is 17.4. The van der Waals surface area contributed by atoms with Crippen LogP contribution in [0.3, 0.4) is 0 Å². The number of nitrogens with one attached hydrogen (secondary N) is 2. The van der Waals surface area contributed by atoms with Gasteiger partial charge in [-0.3, -0.25) is 4.79 Å². The van der Waals surface area contributed by atoms with Crippen molar-refractivity contribution in [2.75, 3.05) is 19.7 Å². The van der Waals surface area contributed by atoms with E-state index in [1.54, 1.807) is 20.8 Å². The number of hydrogen-bond acceptors (Lipinski definition) is 4. The van der Waals surface area contributed by atoms with Gasteiger partial charge in [0.2, 0.25) is 0 Å². The summed E-state index contributed by atoms with van der Waals surface area (Å²) in [6.45, 7) is 6.24. The van der Waals surface area contributed by atoms with Crippen LogP contribution in [0, 0.1) is 0 Å². The Kier molecular flexibility index (Phi) is 7.47. The van der Waals surface area contributed by atoms with Gasteiger partial charge < -0.3 is 20.1 Å². The summed E-state index contributed by atoms with van der Waals surface area (Å²) in [7, 11) is 0. The van der Waals surface area contributed by atoms with Gasteiger partial charge in [0, 0.05) is 17.6 Å². The van der Waals surface area contributed by atoms with Crippen molar-refractivity contribution in [2.45, 2.75) is 32.8 Å². The molecule has 2 rings (SSSR count). The summed E-state index contributed by atoms with van der Waals surface area (Å²) in [5.41, 5.74) is -0.519. The van der Waals surface area contributed by atoms with Gasteiger partial charge in [0.25, 0.3) is 5.91 Å². The van der Waals surface area contributed by atoms with Crippen LogP contribution in [0.25, 0.3) is 10.8 Å². The molecule has 0 saturated heterocycles. The lowest BCUT2D eigenvalue weighted by Crippen LogP contribution is -2.35. The van der Waals surface area contributed by atoms with Crippen molar-refractivity contribution < 1.29 is 19.1 Å². The van der Waals surface area contributed by atoms with Crippen molar-refractivity contribution >= 4 is 38.7 Å². The lowest BCUT2D eigenvalue weighted by molar-refractivity contribution is -0.123. The van der Waals surface area contributed by atoms with E-state index in [0.717, 1.165) is 15.2 Å². The summed E-state index contributed by atoms with van der Waals surface area (Å²) in [6.07, 6.45) is 0.149. The molecule has 2 aromatic carbocycles. The molecule has 0 bridgehead atoms. The molecule has 146 valence electrons. The van der Waals surface area contributed by atoms with E-state index in [-0.39, 0.29) is 12.5 Å². The van der Waals surface area contributed by atoms with Crippen LogP contribution in [0.15, 0.2) is 40.9 Å². The number of hydrogen-bond donors (Lipinski definition) is 2. The van der Waals surface area contributed by atoms with Gasteiger partial charge in [-0.25, -0.2) is 4.79 Å². The first-order valence-electron chi connectivity index (χ1n) is 8.79.